The van der Waals surface area contributed by atoms with Gasteiger partial charge < -0.3 is 11.1 Å². The molecular formula is C17H11ClN4OS. The topological polar surface area (TPSA) is 80.9 Å². The number of hydrogen-bond donors (Lipinski definition) is 2. The zero-order valence-corrected chi connectivity index (χ0v) is 13.9. The van der Waals surface area contributed by atoms with Crippen LogP contribution in [0.1, 0.15) is 10.4 Å². The number of carbonyl (C=O) groups is 1. The molecule has 5 nitrogen and oxygen atoms in total. The maximum Gasteiger partial charge on any atom is 0.250 e. The molecule has 3 N–H and O–H groups in total. The van der Waals surface area contributed by atoms with Gasteiger partial charge in [-0.05, 0) is 18.2 Å². The second-order valence-corrected chi connectivity index (χ2v) is 6.42. The number of nitrogens with zero attached hydrogens (tertiary/aromatic N) is 2. The van der Waals surface area contributed by atoms with Gasteiger partial charge in [0.25, 0.3) is 5.91 Å². The van der Waals surface area contributed by atoms with Crippen molar-refractivity contribution in [2.75, 3.05) is 5.32 Å². The summed E-state index contributed by atoms with van der Waals surface area (Å²) in [4.78, 5) is 20.8. The smallest absolute Gasteiger partial charge is 0.250 e. The molecule has 4 aromatic rings. The molecule has 0 radical (unpaired) electrons. The first-order valence-electron chi connectivity index (χ1n) is 7.12. The molecule has 0 unspecified atom stereocenters. The Bertz CT molecular complexity index is 1090. The summed E-state index contributed by atoms with van der Waals surface area (Å²) in [5.41, 5.74) is 9.63. The number of para-hydroxylation sites is 2. The van der Waals surface area contributed by atoms with Crippen LogP contribution in [0.4, 0.5) is 11.5 Å². The lowest BCUT2D eigenvalue weighted by Gasteiger charge is -2.11. The van der Waals surface area contributed by atoms with Crippen LogP contribution in [0.25, 0.3) is 21.1 Å². The highest BCUT2D eigenvalue weighted by atomic mass is 35.5. The number of nitrogens with two attached hydrogens (primary N) is 1. The zero-order chi connectivity index (χ0) is 16.7. The fourth-order valence-corrected chi connectivity index (χ4v) is 3.59. The van der Waals surface area contributed by atoms with Crippen molar-refractivity contribution < 1.29 is 4.79 Å². The van der Waals surface area contributed by atoms with Crippen molar-refractivity contribution in [3.63, 3.8) is 0 Å². The molecule has 0 spiro atoms. The number of nitrogens with one attached hydrogen (secondary N) is 1. The Labute approximate surface area is 146 Å². The van der Waals surface area contributed by atoms with Crippen LogP contribution in [0.5, 0.6) is 0 Å². The molecule has 2 heterocycles. The standard InChI is InChI=1S/C17H11ClN4OS/c18-11-6-1-2-7-12(11)21-17-14-15(24-8-20-14)9-4-3-5-10(16(19)23)13(9)22-17/h1-8H,(H2,19,23)(H,21,22). The Morgan fingerprint density at radius 1 is 1.12 bits per heavy atom. The SMILES string of the molecule is NC(=O)c1cccc2c1nc(Nc1ccccc1Cl)c1ncsc12. The van der Waals surface area contributed by atoms with E-state index in [9.17, 15) is 4.79 Å². The van der Waals surface area contributed by atoms with Gasteiger partial charge in [-0.15, -0.1) is 11.3 Å². The fraction of sp³-hybridized carbons (Fsp3) is 0. The van der Waals surface area contributed by atoms with Gasteiger partial charge in [0.1, 0.15) is 5.52 Å². The lowest BCUT2D eigenvalue weighted by atomic mass is 10.1. The molecular weight excluding hydrogens is 344 g/mol. The quantitative estimate of drug-likeness (QED) is 0.573. The van der Waals surface area contributed by atoms with E-state index >= 15 is 0 Å². The van der Waals surface area contributed by atoms with Crippen molar-refractivity contribution in [1.29, 1.82) is 0 Å². The predicted octanol–water partition coefficient (Wildman–Crippen LogP) is 4.34. The molecule has 4 rings (SSSR count). The summed E-state index contributed by atoms with van der Waals surface area (Å²) in [6.45, 7) is 0. The van der Waals surface area contributed by atoms with E-state index in [1.165, 1.54) is 11.3 Å². The van der Waals surface area contributed by atoms with E-state index in [0.29, 0.717) is 21.9 Å². The lowest BCUT2D eigenvalue weighted by molar-refractivity contribution is 0.100. The number of hydrogen-bond acceptors (Lipinski definition) is 5. The second kappa shape index (κ2) is 5.74. The third-order valence-electron chi connectivity index (χ3n) is 3.69. The number of rotatable bonds is 3. The minimum atomic E-state index is -0.513. The predicted molar refractivity (Wildman–Crippen MR) is 98.2 cm³/mol. The van der Waals surface area contributed by atoms with E-state index in [4.69, 9.17) is 17.3 Å². The van der Waals surface area contributed by atoms with E-state index in [1.54, 1.807) is 23.7 Å². The highest BCUT2D eigenvalue weighted by molar-refractivity contribution is 7.17. The van der Waals surface area contributed by atoms with E-state index in [-0.39, 0.29) is 0 Å². The average Bonchev–Trinajstić information content (AvgIpc) is 3.06. The Morgan fingerprint density at radius 3 is 2.75 bits per heavy atom. The number of thiazole rings is 1. The van der Waals surface area contributed by atoms with Crippen molar-refractivity contribution in [1.82, 2.24) is 9.97 Å². The molecule has 24 heavy (non-hydrogen) atoms. The minimum Gasteiger partial charge on any atom is -0.366 e. The van der Waals surface area contributed by atoms with Crippen LogP contribution >= 0.6 is 22.9 Å². The van der Waals surface area contributed by atoms with Crippen LogP contribution in [0.15, 0.2) is 48.0 Å². The van der Waals surface area contributed by atoms with E-state index in [1.807, 2.05) is 24.3 Å². The number of fused-ring (bicyclic) bond motifs is 3. The number of pyridine rings is 1. The number of amides is 1. The normalized spacial score (nSPS) is 11.0. The molecule has 0 aliphatic carbocycles. The van der Waals surface area contributed by atoms with Gasteiger partial charge in [0, 0.05) is 5.39 Å². The van der Waals surface area contributed by atoms with E-state index in [2.05, 4.69) is 15.3 Å². The third-order valence-corrected chi connectivity index (χ3v) is 4.88. The zero-order valence-electron chi connectivity index (χ0n) is 12.3. The summed E-state index contributed by atoms with van der Waals surface area (Å²) in [5.74, 6) is 0.0289. The molecule has 2 aromatic heterocycles. The largest absolute Gasteiger partial charge is 0.366 e. The monoisotopic (exact) mass is 354 g/mol. The third kappa shape index (κ3) is 2.36. The van der Waals surface area contributed by atoms with Crippen LogP contribution in [-0.2, 0) is 0 Å². The van der Waals surface area contributed by atoms with Crippen molar-refractivity contribution in [3.05, 3.63) is 58.6 Å². The summed E-state index contributed by atoms with van der Waals surface area (Å²) < 4.78 is 0.942. The van der Waals surface area contributed by atoms with E-state index < -0.39 is 5.91 Å². The van der Waals surface area contributed by atoms with Crippen molar-refractivity contribution >= 4 is 61.5 Å². The summed E-state index contributed by atoms with van der Waals surface area (Å²) in [5, 5.41) is 4.64. The van der Waals surface area contributed by atoms with Gasteiger partial charge in [-0.2, -0.15) is 0 Å². The van der Waals surface area contributed by atoms with Crippen molar-refractivity contribution in [2.24, 2.45) is 5.73 Å². The highest BCUT2D eigenvalue weighted by Gasteiger charge is 2.16. The number of benzene rings is 2. The summed E-state index contributed by atoms with van der Waals surface area (Å²) in [6, 6.07) is 12.8. The molecule has 0 bridgehead atoms. The molecule has 0 saturated heterocycles. The molecule has 1 amide bonds. The van der Waals surface area contributed by atoms with Crippen LogP contribution in [0, 0.1) is 0 Å². The molecule has 118 valence electrons. The molecule has 0 saturated carbocycles. The molecule has 0 aliphatic heterocycles. The van der Waals surface area contributed by atoms with Gasteiger partial charge in [0.05, 0.1) is 32.0 Å². The van der Waals surface area contributed by atoms with Crippen molar-refractivity contribution in [3.8, 4) is 0 Å². The molecule has 0 fully saturated rings. The first-order chi connectivity index (χ1) is 11.6. The van der Waals surface area contributed by atoms with Gasteiger partial charge in [0.15, 0.2) is 5.82 Å². The van der Waals surface area contributed by atoms with Gasteiger partial charge in [-0.3, -0.25) is 4.79 Å². The summed E-state index contributed by atoms with van der Waals surface area (Å²) in [7, 11) is 0. The maximum atomic E-state index is 11.7. The summed E-state index contributed by atoms with van der Waals surface area (Å²) >= 11 is 7.71. The first-order valence-corrected chi connectivity index (χ1v) is 8.38. The maximum absolute atomic E-state index is 11.7. The van der Waals surface area contributed by atoms with Crippen LogP contribution < -0.4 is 11.1 Å². The number of aromatic nitrogens is 2. The lowest BCUT2D eigenvalue weighted by Crippen LogP contribution is -2.12. The van der Waals surface area contributed by atoms with Gasteiger partial charge >= 0.3 is 0 Å². The van der Waals surface area contributed by atoms with E-state index in [0.717, 1.165) is 21.3 Å². The Balaban J connectivity index is 2.00. The van der Waals surface area contributed by atoms with Crippen LogP contribution in [-0.4, -0.2) is 15.9 Å². The van der Waals surface area contributed by atoms with Crippen LogP contribution in [0.2, 0.25) is 5.02 Å². The molecule has 2 aromatic carbocycles. The second-order valence-electron chi connectivity index (χ2n) is 5.16. The Hall–Kier alpha value is -2.70. The fourth-order valence-electron chi connectivity index (χ4n) is 2.59. The average molecular weight is 355 g/mol. The highest BCUT2D eigenvalue weighted by Crippen LogP contribution is 2.35. The molecule has 0 aliphatic rings. The molecule has 0 atom stereocenters. The Morgan fingerprint density at radius 2 is 1.96 bits per heavy atom. The number of primary amides is 1. The number of carbonyl (C=O) groups excluding carboxylic acids is 1. The van der Waals surface area contributed by atoms with Gasteiger partial charge in [0.2, 0.25) is 0 Å². The number of halogens is 1. The first kappa shape index (κ1) is 14.9. The number of anilines is 2. The van der Waals surface area contributed by atoms with Gasteiger partial charge in [-0.25, -0.2) is 9.97 Å². The minimum absolute atomic E-state index is 0.380. The Kier molecular flexibility index (Phi) is 3.55. The van der Waals surface area contributed by atoms with Gasteiger partial charge in [-0.1, -0.05) is 35.9 Å². The van der Waals surface area contributed by atoms with Crippen LogP contribution in [0.3, 0.4) is 0 Å². The summed E-state index contributed by atoms with van der Waals surface area (Å²) in [6.07, 6.45) is 0. The molecule has 7 heteroatoms. The van der Waals surface area contributed by atoms with Crippen molar-refractivity contribution in [2.45, 2.75) is 0 Å².